The summed E-state index contributed by atoms with van der Waals surface area (Å²) >= 11 is 3.32. The number of benzene rings is 2. The summed E-state index contributed by atoms with van der Waals surface area (Å²) in [5.41, 5.74) is 6.05. The van der Waals surface area contributed by atoms with Gasteiger partial charge in [0.1, 0.15) is 11.5 Å². The van der Waals surface area contributed by atoms with Crippen LogP contribution in [0.5, 0.6) is 11.5 Å². The van der Waals surface area contributed by atoms with E-state index in [0.29, 0.717) is 22.6 Å². The predicted octanol–water partition coefficient (Wildman–Crippen LogP) is 3.54. The maximum Gasteiger partial charge on any atom is 0.248 e. The lowest BCUT2D eigenvalue weighted by Crippen LogP contribution is -2.10. The molecule has 1 amide bonds. The highest BCUT2D eigenvalue weighted by atomic mass is 79.9. The van der Waals surface area contributed by atoms with E-state index in [1.807, 2.05) is 0 Å². The Morgan fingerprint density at radius 2 is 1.75 bits per heavy atom. The molecule has 0 heterocycles. The first-order valence-corrected chi connectivity index (χ1v) is 6.65. The summed E-state index contributed by atoms with van der Waals surface area (Å²) in [6.45, 7) is 1.48. The van der Waals surface area contributed by atoms with Gasteiger partial charge >= 0.3 is 0 Å². The zero-order valence-corrected chi connectivity index (χ0v) is 12.3. The number of rotatable bonds is 4. The van der Waals surface area contributed by atoms with Gasteiger partial charge in [0.15, 0.2) is 5.78 Å². The molecule has 102 valence electrons. The van der Waals surface area contributed by atoms with Crippen molar-refractivity contribution >= 4 is 27.6 Å². The fraction of sp³-hybridized carbons (Fsp3) is 0.0667. The molecular formula is C15H12BrNO3. The lowest BCUT2D eigenvalue weighted by Gasteiger charge is -2.10. The normalized spacial score (nSPS) is 10.1. The topological polar surface area (TPSA) is 69.4 Å². The van der Waals surface area contributed by atoms with Gasteiger partial charge in [0.2, 0.25) is 5.91 Å². The number of ether oxygens (including phenoxy) is 1. The molecule has 4 nitrogen and oxygen atoms in total. The predicted molar refractivity (Wildman–Crippen MR) is 79.2 cm³/mol. The molecule has 0 aromatic heterocycles. The van der Waals surface area contributed by atoms with E-state index in [4.69, 9.17) is 10.5 Å². The van der Waals surface area contributed by atoms with Gasteiger partial charge in [0, 0.05) is 10.0 Å². The molecule has 0 unspecified atom stereocenters. The third-order valence-electron chi connectivity index (χ3n) is 2.69. The highest BCUT2D eigenvalue weighted by Gasteiger charge is 2.10. The molecule has 0 atom stereocenters. The Kier molecular flexibility index (Phi) is 4.20. The van der Waals surface area contributed by atoms with E-state index < -0.39 is 5.91 Å². The first-order chi connectivity index (χ1) is 9.47. The number of primary amides is 1. The molecule has 0 aliphatic heterocycles. The molecule has 0 saturated carbocycles. The van der Waals surface area contributed by atoms with Crippen LogP contribution in [0.2, 0.25) is 0 Å². The average Bonchev–Trinajstić information content (AvgIpc) is 2.41. The highest BCUT2D eigenvalue weighted by Crippen LogP contribution is 2.28. The molecule has 2 N–H and O–H groups in total. The number of nitrogens with two attached hydrogens (primary N) is 1. The molecule has 2 aromatic carbocycles. The molecule has 0 saturated heterocycles. The Morgan fingerprint density at radius 1 is 1.10 bits per heavy atom. The average molecular weight is 334 g/mol. The first-order valence-electron chi connectivity index (χ1n) is 5.85. The van der Waals surface area contributed by atoms with Crippen LogP contribution >= 0.6 is 15.9 Å². The van der Waals surface area contributed by atoms with Gasteiger partial charge in [-0.05, 0) is 49.4 Å². The molecule has 5 heteroatoms. The van der Waals surface area contributed by atoms with Gasteiger partial charge < -0.3 is 10.5 Å². The van der Waals surface area contributed by atoms with Crippen LogP contribution in [-0.2, 0) is 0 Å². The second-order valence-electron chi connectivity index (χ2n) is 4.19. The molecule has 0 radical (unpaired) electrons. The van der Waals surface area contributed by atoms with Gasteiger partial charge in [0.25, 0.3) is 0 Å². The Morgan fingerprint density at radius 3 is 2.30 bits per heavy atom. The van der Waals surface area contributed by atoms with Crippen molar-refractivity contribution in [2.75, 3.05) is 0 Å². The monoisotopic (exact) mass is 333 g/mol. The lowest BCUT2D eigenvalue weighted by atomic mass is 10.1. The van der Waals surface area contributed by atoms with Crippen LogP contribution in [0.3, 0.4) is 0 Å². The summed E-state index contributed by atoms with van der Waals surface area (Å²) in [4.78, 5) is 22.6. The Hall–Kier alpha value is -2.14. The molecule has 0 bridgehead atoms. The van der Waals surface area contributed by atoms with Gasteiger partial charge in [0.05, 0.1) is 5.56 Å². The van der Waals surface area contributed by atoms with Crippen molar-refractivity contribution in [1.29, 1.82) is 0 Å². The minimum absolute atomic E-state index is 0.0879. The number of ketones is 1. The van der Waals surface area contributed by atoms with Crippen molar-refractivity contribution < 1.29 is 14.3 Å². The highest BCUT2D eigenvalue weighted by molar-refractivity contribution is 9.10. The van der Waals surface area contributed by atoms with Crippen LogP contribution in [0.25, 0.3) is 0 Å². The van der Waals surface area contributed by atoms with Crippen molar-refractivity contribution in [1.82, 2.24) is 0 Å². The van der Waals surface area contributed by atoms with Crippen molar-refractivity contribution in [3.63, 3.8) is 0 Å². The molecule has 0 spiro atoms. The van der Waals surface area contributed by atoms with E-state index in [0.717, 1.165) is 4.47 Å². The van der Waals surface area contributed by atoms with Gasteiger partial charge in [-0.3, -0.25) is 9.59 Å². The van der Waals surface area contributed by atoms with Crippen molar-refractivity contribution in [2.45, 2.75) is 6.92 Å². The summed E-state index contributed by atoms with van der Waals surface area (Å²) in [6, 6.07) is 11.6. The van der Waals surface area contributed by atoms with E-state index in [-0.39, 0.29) is 5.78 Å². The fourth-order valence-corrected chi connectivity index (χ4v) is 2.04. The quantitative estimate of drug-likeness (QED) is 0.870. The summed E-state index contributed by atoms with van der Waals surface area (Å²) in [5.74, 6) is 0.409. The number of hydrogen-bond donors (Lipinski definition) is 1. The zero-order chi connectivity index (χ0) is 14.7. The summed E-state index contributed by atoms with van der Waals surface area (Å²) < 4.78 is 6.47. The van der Waals surface area contributed by atoms with Crippen LogP contribution in [0.15, 0.2) is 46.9 Å². The SMILES string of the molecule is CC(=O)c1cc(Br)ccc1Oc1ccc(C(N)=O)cc1. The number of carbonyl (C=O) groups excluding carboxylic acids is 2. The number of Topliss-reactive ketones (excluding diaryl/α,β-unsaturated/α-hetero) is 1. The van der Waals surface area contributed by atoms with Crippen LogP contribution in [-0.4, -0.2) is 11.7 Å². The van der Waals surface area contributed by atoms with Gasteiger partial charge in [-0.25, -0.2) is 0 Å². The first kappa shape index (κ1) is 14.3. The molecule has 0 aliphatic rings. The van der Waals surface area contributed by atoms with Gasteiger partial charge in [-0.1, -0.05) is 15.9 Å². The van der Waals surface area contributed by atoms with Crippen molar-refractivity contribution in [3.05, 3.63) is 58.1 Å². The second kappa shape index (κ2) is 5.88. The maximum atomic E-state index is 11.6. The molecule has 0 aliphatic carbocycles. The third kappa shape index (κ3) is 3.24. The zero-order valence-electron chi connectivity index (χ0n) is 10.7. The Bertz CT molecular complexity index is 665. The number of amides is 1. The van der Waals surface area contributed by atoms with E-state index in [1.54, 1.807) is 42.5 Å². The number of hydrogen-bond acceptors (Lipinski definition) is 3. The van der Waals surface area contributed by atoms with E-state index >= 15 is 0 Å². The molecule has 0 fully saturated rings. The van der Waals surface area contributed by atoms with E-state index in [2.05, 4.69) is 15.9 Å². The van der Waals surface area contributed by atoms with Gasteiger partial charge in [-0.2, -0.15) is 0 Å². The standard InChI is InChI=1S/C15H12BrNO3/c1-9(18)13-8-11(16)4-7-14(13)20-12-5-2-10(3-6-12)15(17)19/h2-8H,1H3,(H2,17,19). The number of halogens is 1. The molecular weight excluding hydrogens is 322 g/mol. The molecule has 20 heavy (non-hydrogen) atoms. The number of carbonyl (C=O) groups is 2. The maximum absolute atomic E-state index is 11.6. The Balaban J connectivity index is 2.30. The van der Waals surface area contributed by atoms with Crippen molar-refractivity contribution in [2.24, 2.45) is 5.73 Å². The molecule has 2 aromatic rings. The van der Waals surface area contributed by atoms with Crippen LogP contribution in [0.1, 0.15) is 27.6 Å². The molecule has 2 rings (SSSR count). The fourth-order valence-electron chi connectivity index (χ4n) is 1.68. The second-order valence-corrected chi connectivity index (χ2v) is 5.10. The largest absolute Gasteiger partial charge is 0.457 e. The van der Waals surface area contributed by atoms with E-state index in [1.165, 1.54) is 6.92 Å². The minimum atomic E-state index is -0.496. The van der Waals surface area contributed by atoms with E-state index in [9.17, 15) is 9.59 Å². The summed E-state index contributed by atoms with van der Waals surface area (Å²) in [6.07, 6.45) is 0. The van der Waals surface area contributed by atoms with Gasteiger partial charge in [-0.15, -0.1) is 0 Å². The Labute approximate surface area is 124 Å². The van der Waals surface area contributed by atoms with Crippen LogP contribution in [0, 0.1) is 0 Å². The summed E-state index contributed by atoms with van der Waals surface area (Å²) in [5, 5.41) is 0. The van der Waals surface area contributed by atoms with Crippen LogP contribution < -0.4 is 10.5 Å². The van der Waals surface area contributed by atoms with Crippen LogP contribution in [0.4, 0.5) is 0 Å². The summed E-state index contributed by atoms with van der Waals surface area (Å²) in [7, 11) is 0. The smallest absolute Gasteiger partial charge is 0.248 e. The third-order valence-corrected chi connectivity index (χ3v) is 3.18. The minimum Gasteiger partial charge on any atom is -0.457 e. The van der Waals surface area contributed by atoms with Crippen molar-refractivity contribution in [3.8, 4) is 11.5 Å². The lowest BCUT2D eigenvalue weighted by molar-refractivity contribution is 0.0996.